The SMILES string of the molecule is CC(C)CCc1cccc(NS(C)(=O)=O)c1. The van der Waals surface area contributed by atoms with Gasteiger partial charge in [-0.15, -0.1) is 0 Å². The summed E-state index contributed by atoms with van der Waals surface area (Å²) >= 11 is 0. The molecule has 3 nitrogen and oxygen atoms in total. The summed E-state index contributed by atoms with van der Waals surface area (Å²) in [5, 5.41) is 0. The molecule has 0 aliphatic rings. The number of nitrogens with one attached hydrogen (secondary N) is 1. The zero-order valence-corrected chi connectivity index (χ0v) is 10.8. The summed E-state index contributed by atoms with van der Waals surface area (Å²) in [5.74, 6) is 0.659. The highest BCUT2D eigenvalue weighted by Crippen LogP contribution is 2.15. The van der Waals surface area contributed by atoms with Crippen LogP contribution in [0.4, 0.5) is 5.69 Å². The largest absolute Gasteiger partial charge is 0.284 e. The molecule has 1 N–H and O–H groups in total. The van der Waals surface area contributed by atoms with E-state index in [1.54, 1.807) is 6.07 Å². The van der Waals surface area contributed by atoms with Crippen LogP contribution in [0, 0.1) is 5.92 Å². The first-order valence-corrected chi connectivity index (χ1v) is 7.32. The van der Waals surface area contributed by atoms with Crippen LogP contribution >= 0.6 is 0 Å². The number of aryl methyl sites for hydroxylation is 1. The Balaban J connectivity index is 2.71. The van der Waals surface area contributed by atoms with Crippen molar-refractivity contribution in [2.24, 2.45) is 5.92 Å². The fourth-order valence-corrected chi connectivity index (χ4v) is 2.01. The van der Waals surface area contributed by atoms with E-state index < -0.39 is 10.0 Å². The van der Waals surface area contributed by atoms with E-state index in [9.17, 15) is 8.42 Å². The maximum absolute atomic E-state index is 11.1. The van der Waals surface area contributed by atoms with Crippen LogP contribution in [0.3, 0.4) is 0 Å². The van der Waals surface area contributed by atoms with Gasteiger partial charge in [0, 0.05) is 5.69 Å². The molecule has 0 amide bonds. The van der Waals surface area contributed by atoms with Gasteiger partial charge in [0.05, 0.1) is 6.26 Å². The molecule has 0 aromatic heterocycles. The molecule has 4 heteroatoms. The van der Waals surface area contributed by atoms with Crippen LogP contribution in [0.2, 0.25) is 0 Å². The molecule has 0 atom stereocenters. The molecule has 0 spiro atoms. The summed E-state index contributed by atoms with van der Waals surface area (Å²) in [6, 6.07) is 7.56. The maximum Gasteiger partial charge on any atom is 0.229 e. The Labute approximate surface area is 97.9 Å². The van der Waals surface area contributed by atoms with E-state index in [1.165, 1.54) is 5.56 Å². The van der Waals surface area contributed by atoms with Gasteiger partial charge in [0.25, 0.3) is 0 Å². The van der Waals surface area contributed by atoms with E-state index in [4.69, 9.17) is 0 Å². The van der Waals surface area contributed by atoms with Crippen LogP contribution in [0.15, 0.2) is 24.3 Å². The molecular weight excluding hydrogens is 222 g/mol. The van der Waals surface area contributed by atoms with Crippen LogP contribution in [0.1, 0.15) is 25.8 Å². The molecule has 0 fully saturated rings. The van der Waals surface area contributed by atoms with E-state index in [1.807, 2.05) is 18.2 Å². The molecule has 0 radical (unpaired) electrons. The molecule has 0 unspecified atom stereocenters. The lowest BCUT2D eigenvalue weighted by atomic mass is 10.0. The minimum absolute atomic E-state index is 0.642. The highest BCUT2D eigenvalue weighted by atomic mass is 32.2. The van der Waals surface area contributed by atoms with Crippen molar-refractivity contribution in [2.45, 2.75) is 26.7 Å². The average Bonchev–Trinajstić information content (AvgIpc) is 2.12. The zero-order chi connectivity index (χ0) is 12.2. The fourth-order valence-electron chi connectivity index (χ4n) is 1.46. The van der Waals surface area contributed by atoms with Crippen LogP contribution in [0.5, 0.6) is 0 Å². The normalized spacial score (nSPS) is 11.8. The highest BCUT2D eigenvalue weighted by Gasteiger charge is 2.03. The molecule has 0 saturated carbocycles. The lowest BCUT2D eigenvalue weighted by Crippen LogP contribution is -2.09. The third-order valence-electron chi connectivity index (χ3n) is 2.24. The van der Waals surface area contributed by atoms with Crippen molar-refractivity contribution in [2.75, 3.05) is 11.0 Å². The van der Waals surface area contributed by atoms with Crippen LogP contribution in [-0.4, -0.2) is 14.7 Å². The Morgan fingerprint density at radius 1 is 1.31 bits per heavy atom. The quantitative estimate of drug-likeness (QED) is 0.861. The molecule has 16 heavy (non-hydrogen) atoms. The second kappa shape index (κ2) is 5.34. The second-order valence-electron chi connectivity index (χ2n) is 4.51. The third-order valence-corrected chi connectivity index (χ3v) is 2.85. The molecular formula is C12H19NO2S. The number of hydrogen-bond acceptors (Lipinski definition) is 2. The topological polar surface area (TPSA) is 46.2 Å². The van der Waals surface area contributed by atoms with Crippen molar-refractivity contribution in [1.82, 2.24) is 0 Å². The summed E-state index contributed by atoms with van der Waals surface area (Å²) in [4.78, 5) is 0. The number of hydrogen-bond donors (Lipinski definition) is 1. The van der Waals surface area contributed by atoms with E-state index in [0.717, 1.165) is 19.1 Å². The van der Waals surface area contributed by atoms with Crippen molar-refractivity contribution < 1.29 is 8.42 Å². The third kappa shape index (κ3) is 5.16. The van der Waals surface area contributed by atoms with Crippen LogP contribution in [-0.2, 0) is 16.4 Å². The first kappa shape index (κ1) is 13.0. The molecule has 1 aromatic rings. The summed E-state index contributed by atoms with van der Waals surface area (Å²) in [7, 11) is -3.18. The zero-order valence-electron chi connectivity index (χ0n) is 10.0. The van der Waals surface area contributed by atoms with Gasteiger partial charge in [-0.1, -0.05) is 26.0 Å². The predicted molar refractivity (Wildman–Crippen MR) is 68.1 cm³/mol. The van der Waals surface area contributed by atoms with Crippen molar-refractivity contribution in [3.05, 3.63) is 29.8 Å². The summed E-state index contributed by atoms with van der Waals surface area (Å²) in [5.41, 5.74) is 1.81. The second-order valence-corrected chi connectivity index (χ2v) is 6.26. The molecule has 0 heterocycles. The highest BCUT2D eigenvalue weighted by molar-refractivity contribution is 7.92. The van der Waals surface area contributed by atoms with E-state index in [2.05, 4.69) is 18.6 Å². The molecule has 90 valence electrons. The van der Waals surface area contributed by atoms with Crippen LogP contribution < -0.4 is 4.72 Å². The van der Waals surface area contributed by atoms with Gasteiger partial charge in [-0.25, -0.2) is 8.42 Å². The molecule has 0 aliphatic heterocycles. The minimum Gasteiger partial charge on any atom is -0.284 e. The Kier molecular flexibility index (Phi) is 4.35. The number of benzene rings is 1. The van der Waals surface area contributed by atoms with Gasteiger partial charge in [-0.3, -0.25) is 4.72 Å². The Morgan fingerprint density at radius 3 is 2.56 bits per heavy atom. The standard InChI is InChI=1S/C12H19NO2S/c1-10(2)7-8-11-5-4-6-12(9-11)13-16(3,14)15/h4-6,9-10,13H,7-8H2,1-3H3. The molecule has 0 bridgehead atoms. The smallest absolute Gasteiger partial charge is 0.229 e. The first-order chi connectivity index (χ1) is 7.37. The Bertz CT molecular complexity index is 438. The number of sulfonamides is 1. The van der Waals surface area contributed by atoms with Crippen molar-refractivity contribution in [3.63, 3.8) is 0 Å². The van der Waals surface area contributed by atoms with Crippen molar-refractivity contribution in [1.29, 1.82) is 0 Å². The first-order valence-electron chi connectivity index (χ1n) is 5.43. The molecule has 0 aliphatic carbocycles. The predicted octanol–water partition coefficient (Wildman–Crippen LogP) is 2.65. The van der Waals surface area contributed by atoms with Gasteiger partial charge in [0.15, 0.2) is 0 Å². The number of rotatable bonds is 5. The summed E-state index contributed by atoms with van der Waals surface area (Å²) < 4.78 is 24.6. The Morgan fingerprint density at radius 2 is 2.00 bits per heavy atom. The van der Waals surface area contributed by atoms with Crippen LogP contribution in [0.25, 0.3) is 0 Å². The average molecular weight is 241 g/mol. The molecule has 0 saturated heterocycles. The van der Waals surface area contributed by atoms with Gasteiger partial charge in [-0.2, -0.15) is 0 Å². The van der Waals surface area contributed by atoms with Crippen molar-refractivity contribution >= 4 is 15.7 Å². The van der Waals surface area contributed by atoms with Gasteiger partial charge in [-0.05, 0) is 36.5 Å². The monoisotopic (exact) mass is 241 g/mol. The van der Waals surface area contributed by atoms with Crippen molar-refractivity contribution in [3.8, 4) is 0 Å². The maximum atomic E-state index is 11.1. The molecule has 1 rings (SSSR count). The van der Waals surface area contributed by atoms with Gasteiger partial charge in [0.1, 0.15) is 0 Å². The fraction of sp³-hybridized carbons (Fsp3) is 0.500. The van der Waals surface area contributed by atoms with Gasteiger partial charge >= 0.3 is 0 Å². The molecule has 1 aromatic carbocycles. The lowest BCUT2D eigenvalue weighted by Gasteiger charge is -2.08. The lowest BCUT2D eigenvalue weighted by molar-refractivity contribution is 0.587. The minimum atomic E-state index is -3.18. The summed E-state index contributed by atoms with van der Waals surface area (Å²) in [6.07, 6.45) is 3.26. The van der Waals surface area contributed by atoms with E-state index in [0.29, 0.717) is 11.6 Å². The summed E-state index contributed by atoms with van der Waals surface area (Å²) in [6.45, 7) is 4.36. The Hall–Kier alpha value is -1.03. The van der Waals surface area contributed by atoms with Gasteiger partial charge in [0.2, 0.25) is 10.0 Å². The van der Waals surface area contributed by atoms with Gasteiger partial charge < -0.3 is 0 Å². The number of anilines is 1. The van der Waals surface area contributed by atoms with E-state index in [-0.39, 0.29) is 0 Å². The van der Waals surface area contributed by atoms with E-state index >= 15 is 0 Å².